The monoisotopic (exact) mass is 300 g/mol. The zero-order chi connectivity index (χ0) is 14.0. The number of methoxy groups -OCH3 is 1. The van der Waals surface area contributed by atoms with Gasteiger partial charge >= 0.3 is 0 Å². The molecule has 0 aliphatic heterocycles. The molecular weight excluding hydrogens is 290 g/mol. The van der Waals surface area contributed by atoms with Gasteiger partial charge in [0.2, 0.25) is 0 Å². The number of benzene rings is 2. The normalized spacial score (nSPS) is 10.3. The molecule has 0 fully saturated rings. The van der Waals surface area contributed by atoms with Crippen molar-refractivity contribution in [1.82, 2.24) is 0 Å². The fraction of sp³-hybridized carbons (Fsp3) is 0.0769. The topological polar surface area (TPSA) is 47.3 Å². The minimum Gasteiger partial charge on any atom is -0.495 e. The minimum absolute atomic E-state index is 0.0160. The van der Waals surface area contributed by atoms with Crippen LogP contribution in [0.1, 0.15) is 0 Å². The molecule has 0 amide bonds. The van der Waals surface area contributed by atoms with Gasteiger partial charge < -0.3 is 15.8 Å². The first kappa shape index (κ1) is 13.8. The maximum atomic E-state index is 13.2. The second kappa shape index (κ2) is 5.55. The summed E-state index contributed by atoms with van der Waals surface area (Å²) in [6.45, 7) is 0. The number of rotatable bonds is 3. The smallest absolute Gasteiger partial charge is 0.143 e. The van der Waals surface area contributed by atoms with Gasteiger partial charge in [-0.3, -0.25) is 0 Å². The summed E-state index contributed by atoms with van der Waals surface area (Å²) in [5, 5.41) is 3.54. The van der Waals surface area contributed by atoms with Crippen molar-refractivity contribution in [3.8, 4) is 5.75 Å². The Balaban J connectivity index is 2.41. The number of nitrogens with one attached hydrogen (secondary N) is 1. The van der Waals surface area contributed by atoms with Gasteiger partial charge in [-0.1, -0.05) is 23.2 Å². The number of hydrogen-bond donors (Lipinski definition) is 2. The highest BCUT2D eigenvalue weighted by Crippen LogP contribution is 2.34. The molecule has 100 valence electrons. The highest BCUT2D eigenvalue weighted by atomic mass is 35.5. The number of hydrogen-bond acceptors (Lipinski definition) is 3. The van der Waals surface area contributed by atoms with Crippen LogP contribution in [0, 0.1) is 5.82 Å². The lowest BCUT2D eigenvalue weighted by atomic mass is 10.2. The highest BCUT2D eigenvalue weighted by molar-refractivity contribution is 6.31. The summed E-state index contributed by atoms with van der Waals surface area (Å²) < 4.78 is 18.4. The van der Waals surface area contributed by atoms with Crippen LogP contribution in [0.3, 0.4) is 0 Å². The van der Waals surface area contributed by atoms with Crippen LogP contribution in [0.15, 0.2) is 30.3 Å². The van der Waals surface area contributed by atoms with Crippen LogP contribution >= 0.6 is 23.2 Å². The van der Waals surface area contributed by atoms with E-state index in [0.717, 1.165) is 6.07 Å². The van der Waals surface area contributed by atoms with Crippen LogP contribution in [-0.2, 0) is 0 Å². The lowest BCUT2D eigenvalue weighted by Gasteiger charge is -2.13. The van der Waals surface area contributed by atoms with Gasteiger partial charge in [0, 0.05) is 11.1 Å². The van der Waals surface area contributed by atoms with Crippen LogP contribution in [0.2, 0.25) is 10.0 Å². The number of halogens is 3. The summed E-state index contributed by atoms with van der Waals surface area (Å²) in [4.78, 5) is 0. The Morgan fingerprint density at radius 1 is 1.16 bits per heavy atom. The standard InChI is InChI=1S/C13H11Cl2FN2O/c1-19-13-3-2-7(14)4-12(13)18-11-5-8(15)9(16)6-10(11)17/h2-6,18H,17H2,1H3. The van der Waals surface area contributed by atoms with Gasteiger partial charge in [-0.15, -0.1) is 0 Å². The number of ether oxygens (including phenoxy) is 1. The Morgan fingerprint density at radius 2 is 1.89 bits per heavy atom. The van der Waals surface area contributed by atoms with Gasteiger partial charge in [-0.2, -0.15) is 0 Å². The predicted octanol–water partition coefficient (Wildman–Crippen LogP) is 4.47. The first-order valence-electron chi connectivity index (χ1n) is 5.36. The van der Waals surface area contributed by atoms with Crippen LogP contribution in [0.5, 0.6) is 5.75 Å². The molecule has 6 heteroatoms. The third-order valence-corrected chi connectivity index (χ3v) is 3.05. The van der Waals surface area contributed by atoms with E-state index in [1.54, 1.807) is 18.2 Å². The summed E-state index contributed by atoms with van der Waals surface area (Å²) in [5.41, 5.74) is 7.07. The fourth-order valence-electron chi connectivity index (χ4n) is 1.59. The lowest BCUT2D eigenvalue weighted by Crippen LogP contribution is -1.99. The molecule has 3 N–H and O–H groups in total. The first-order valence-corrected chi connectivity index (χ1v) is 6.12. The zero-order valence-corrected chi connectivity index (χ0v) is 11.5. The van der Waals surface area contributed by atoms with Crippen molar-refractivity contribution in [2.45, 2.75) is 0 Å². The molecule has 0 radical (unpaired) electrons. The molecule has 0 aliphatic carbocycles. The largest absolute Gasteiger partial charge is 0.495 e. The highest BCUT2D eigenvalue weighted by Gasteiger charge is 2.09. The van der Waals surface area contributed by atoms with E-state index in [2.05, 4.69) is 5.32 Å². The van der Waals surface area contributed by atoms with Gasteiger partial charge in [0.05, 0.1) is 29.2 Å². The zero-order valence-electron chi connectivity index (χ0n) is 10.0. The third kappa shape index (κ3) is 3.03. The molecule has 0 saturated heterocycles. The Labute approximate surface area is 120 Å². The molecule has 19 heavy (non-hydrogen) atoms. The average molecular weight is 301 g/mol. The molecule has 2 aromatic carbocycles. The van der Waals surface area contributed by atoms with Crippen LogP contribution in [0.25, 0.3) is 0 Å². The number of nitrogen functional groups attached to an aromatic ring is 1. The van der Waals surface area contributed by atoms with Crippen molar-refractivity contribution < 1.29 is 9.13 Å². The molecular formula is C13H11Cl2FN2O. The third-order valence-electron chi connectivity index (χ3n) is 2.52. The van der Waals surface area contributed by atoms with Gasteiger partial charge in [0.25, 0.3) is 0 Å². The molecule has 0 atom stereocenters. The maximum absolute atomic E-state index is 13.2. The Morgan fingerprint density at radius 3 is 2.58 bits per heavy atom. The van der Waals surface area contributed by atoms with E-state index in [-0.39, 0.29) is 10.7 Å². The second-order valence-electron chi connectivity index (χ2n) is 3.82. The number of anilines is 3. The van der Waals surface area contributed by atoms with Gasteiger partial charge in [-0.05, 0) is 24.3 Å². The second-order valence-corrected chi connectivity index (χ2v) is 4.67. The molecule has 0 bridgehead atoms. The molecule has 3 nitrogen and oxygen atoms in total. The van der Waals surface area contributed by atoms with Gasteiger partial charge in [0.15, 0.2) is 0 Å². The summed E-state index contributed by atoms with van der Waals surface area (Å²) >= 11 is 11.7. The molecule has 2 rings (SSSR count). The van der Waals surface area contributed by atoms with E-state index in [9.17, 15) is 4.39 Å². The maximum Gasteiger partial charge on any atom is 0.143 e. The minimum atomic E-state index is -0.567. The van der Waals surface area contributed by atoms with Crippen molar-refractivity contribution in [2.24, 2.45) is 0 Å². The van der Waals surface area contributed by atoms with Crippen molar-refractivity contribution >= 4 is 40.3 Å². The van der Waals surface area contributed by atoms with Crippen molar-refractivity contribution in [2.75, 3.05) is 18.2 Å². The van der Waals surface area contributed by atoms with E-state index < -0.39 is 5.82 Å². The quantitative estimate of drug-likeness (QED) is 0.822. The van der Waals surface area contributed by atoms with E-state index in [1.165, 1.54) is 13.2 Å². The van der Waals surface area contributed by atoms with Crippen molar-refractivity contribution in [1.29, 1.82) is 0 Å². The summed E-state index contributed by atoms with van der Waals surface area (Å²) in [5.74, 6) is 0.0204. The summed E-state index contributed by atoms with van der Waals surface area (Å²) in [7, 11) is 1.54. The van der Waals surface area contributed by atoms with Gasteiger partial charge in [0.1, 0.15) is 11.6 Å². The molecule has 0 saturated carbocycles. The molecule has 0 spiro atoms. The Bertz CT molecular complexity index is 620. The fourth-order valence-corrected chi connectivity index (χ4v) is 1.93. The van der Waals surface area contributed by atoms with Crippen LogP contribution in [-0.4, -0.2) is 7.11 Å². The molecule has 0 unspecified atom stereocenters. The van der Waals surface area contributed by atoms with Crippen LogP contribution < -0.4 is 15.8 Å². The lowest BCUT2D eigenvalue weighted by molar-refractivity contribution is 0.417. The van der Waals surface area contributed by atoms with Crippen molar-refractivity contribution in [3.63, 3.8) is 0 Å². The van der Waals surface area contributed by atoms with Crippen molar-refractivity contribution in [3.05, 3.63) is 46.2 Å². The van der Waals surface area contributed by atoms with Gasteiger partial charge in [-0.25, -0.2) is 4.39 Å². The van der Waals surface area contributed by atoms with E-state index in [1.807, 2.05) is 0 Å². The summed E-state index contributed by atoms with van der Waals surface area (Å²) in [6, 6.07) is 7.66. The van der Waals surface area contributed by atoms with Crippen LogP contribution in [0.4, 0.5) is 21.5 Å². The molecule has 0 heterocycles. The SMILES string of the molecule is COc1ccc(Cl)cc1Nc1cc(Cl)c(F)cc1N. The van der Waals surface area contributed by atoms with E-state index >= 15 is 0 Å². The Hall–Kier alpha value is -1.65. The number of nitrogens with two attached hydrogens (primary N) is 1. The molecule has 2 aromatic rings. The summed E-state index contributed by atoms with van der Waals surface area (Å²) in [6.07, 6.45) is 0. The molecule has 0 aromatic heterocycles. The average Bonchev–Trinajstić information content (AvgIpc) is 2.36. The van der Waals surface area contributed by atoms with E-state index in [0.29, 0.717) is 22.1 Å². The first-order chi connectivity index (χ1) is 9.01. The Kier molecular flexibility index (Phi) is 4.02. The molecule has 0 aliphatic rings. The van der Waals surface area contributed by atoms with E-state index in [4.69, 9.17) is 33.7 Å². The predicted molar refractivity (Wildman–Crippen MR) is 77.1 cm³/mol.